The van der Waals surface area contributed by atoms with Crippen LogP contribution in [0, 0.1) is 11.8 Å². The van der Waals surface area contributed by atoms with Gasteiger partial charge < -0.3 is 14.7 Å². The summed E-state index contributed by atoms with van der Waals surface area (Å²) in [6.45, 7) is 6.45. The molecule has 5 nitrogen and oxygen atoms in total. The first kappa shape index (κ1) is 13.9. The molecule has 5 heteroatoms. The number of rotatable bonds is 2. The molecule has 0 unspecified atom stereocenters. The van der Waals surface area contributed by atoms with Gasteiger partial charge in [-0.15, -0.1) is 0 Å². The molecule has 2 amide bonds. The molecule has 0 spiro atoms. The Kier molecular flexibility index (Phi) is 3.82. The fourth-order valence-electron chi connectivity index (χ4n) is 3.17. The topological polar surface area (TPSA) is 58.4 Å². The van der Waals surface area contributed by atoms with Gasteiger partial charge >= 0.3 is 6.03 Å². The van der Waals surface area contributed by atoms with Crippen LogP contribution in [0.2, 0.25) is 0 Å². The third-order valence-corrected chi connectivity index (χ3v) is 4.02. The lowest BCUT2D eigenvalue weighted by Gasteiger charge is -2.34. The summed E-state index contributed by atoms with van der Waals surface area (Å²) in [5, 5.41) is 7.94. The van der Waals surface area contributed by atoms with Gasteiger partial charge in [0.25, 0.3) is 0 Å². The van der Waals surface area contributed by atoms with Crippen LogP contribution in [0.25, 0.3) is 11.0 Å². The normalized spacial score (nSPS) is 22.5. The quantitative estimate of drug-likeness (QED) is 0.923. The second-order valence-corrected chi connectivity index (χ2v) is 6.14. The van der Waals surface area contributed by atoms with Crippen molar-refractivity contribution in [3.63, 3.8) is 0 Å². The maximum absolute atomic E-state index is 12.3. The molecule has 1 aliphatic rings. The number of urea groups is 1. The fourth-order valence-corrected chi connectivity index (χ4v) is 3.17. The minimum atomic E-state index is -0.0134. The largest absolute Gasteiger partial charge is 0.356 e. The molecule has 1 aliphatic heterocycles. The van der Waals surface area contributed by atoms with E-state index in [9.17, 15) is 4.79 Å². The zero-order valence-electron chi connectivity index (χ0n) is 12.5. The van der Waals surface area contributed by atoms with Crippen LogP contribution in [0.15, 0.2) is 28.8 Å². The molecule has 2 heterocycles. The number of carbonyl (C=O) groups is 1. The Morgan fingerprint density at radius 2 is 2.05 bits per heavy atom. The number of carbonyl (C=O) groups excluding carboxylic acids is 1. The van der Waals surface area contributed by atoms with Gasteiger partial charge in [0, 0.05) is 18.5 Å². The van der Waals surface area contributed by atoms with Gasteiger partial charge in [0.2, 0.25) is 0 Å². The monoisotopic (exact) mass is 287 g/mol. The summed E-state index contributed by atoms with van der Waals surface area (Å²) in [5.74, 6) is 1.12. The smallest absolute Gasteiger partial charge is 0.317 e. The maximum atomic E-state index is 12.3. The Morgan fingerprint density at radius 3 is 2.81 bits per heavy atom. The second kappa shape index (κ2) is 5.76. The zero-order chi connectivity index (χ0) is 14.8. The predicted molar refractivity (Wildman–Crippen MR) is 80.8 cm³/mol. The number of benzene rings is 1. The number of nitrogens with zero attached hydrogens (tertiary/aromatic N) is 2. The highest BCUT2D eigenvalue weighted by Gasteiger charge is 2.25. The molecule has 3 rings (SSSR count). The number of aromatic nitrogens is 1. The van der Waals surface area contributed by atoms with Crippen LogP contribution in [-0.2, 0) is 6.54 Å². The molecule has 2 aromatic rings. The number of fused-ring (bicyclic) bond motifs is 1. The van der Waals surface area contributed by atoms with Crippen LogP contribution in [0.3, 0.4) is 0 Å². The summed E-state index contributed by atoms with van der Waals surface area (Å²) in [4.78, 5) is 14.2. The molecule has 21 heavy (non-hydrogen) atoms. The molecule has 112 valence electrons. The summed E-state index contributed by atoms with van der Waals surface area (Å²) in [5.41, 5.74) is 1.53. The highest BCUT2D eigenvalue weighted by Crippen LogP contribution is 2.21. The molecule has 1 aromatic carbocycles. The van der Waals surface area contributed by atoms with Crippen LogP contribution in [0.5, 0.6) is 0 Å². The van der Waals surface area contributed by atoms with Crippen molar-refractivity contribution < 1.29 is 9.32 Å². The molecule has 1 saturated heterocycles. The summed E-state index contributed by atoms with van der Waals surface area (Å²) >= 11 is 0. The van der Waals surface area contributed by atoms with E-state index in [0.717, 1.165) is 29.8 Å². The summed E-state index contributed by atoms with van der Waals surface area (Å²) in [7, 11) is 0. The van der Waals surface area contributed by atoms with Gasteiger partial charge in [-0.05, 0) is 30.4 Å². The fraction of sp³-hybridized carbons (Fsp3) is 0.500. The molecule has 0 saturated carbocycles. The first-order chi connectivity index (χ1) is 10.1. The van der Waals surface area contributed by atoms with Crippen LogP contribution < -0.4 is 5.32 Å². The van der Waals surface area contributed by atoms with Crippen molar-refractivity contribution in [2.75, 3.05) is 13.1 Å². The molecule has 1 aromatic heterocycles. The first-order valence-electron chi connectivity index (χ1n) is 7.49. The molecule has 0 aliphatic carbocycles. The Morgan fingerprint density at radius 1 is 1.33 bits per heavy atom. The van der Waals surface area contributed by atoms with E-state index in [1.165, 1.54) is 6.42 Å². The van der Waals surface area contributed by atoms with Gasteiger partial charge in [-0.1, -0.05) is 31.1 Å². The van der Waals surface area contributed by atoms with Gasteiger partial charge in [0.15, 0.2) is 5.58 Å². The predicted octanol–water partition coefficient (Wildman–Crippen LogP) is 3.02. The van der Waals surface area contributed by atoms with Gasteiger partial charge in [-0.2, -0.15) is 0 Å². The lowest BCUT2D eigenvalue weighted by atomic mass is 9.92. The average molecular weight is 287 g/mol. The lowest BCUT2D eigenvalue weighted by Crippen LogP contribution is -2.47. The standard InChI is InChI=1S/C16H21N3O2/c1-11-7-12(2)10-19(9-11)16(20)17-8-14-13-5-3-4-6-15(13)21-18-14/h3-6,11-12H,7-10H2,1-2H3,(H,17,20)/t11-,12-/m0/s1. The zero-order valence-corrected chi connectivity index (χ0v) is 12.5. The van der Waals surface area contributed by atoms with E-state index in [1.54, 1.807) is 0 Å². The molecule has 1 fully saturated rings. The third-order valence-electron chi connectivity index (χ3n) is 4.02. The Balaban J connectivity index is 1.63. The summed E-state index contributed by atoms with van der Waals surface area (Å²) in [6, 6.07) is 7.67. The van der Waals surface area contributed by atoms with Crippen LogP contribution in [0.1, 0.15) is 26.0 Å². The van der Waals surface area contributed by atoms with Gasteiger partial charge in [-0.3, -0.25) is 0 Å². The Labute approximate surface area is 124 Å². The SMILES string of the molecule is C[C@H]1C[C@H](C)CN(C(=O)NCc2noc3ccccc23)C1. The van der Waals surface area contributed by atoms with Crippen molar-refractivity contribution in [1.29, 1.82) is 0 Å². The number of likely N-dealkylation sites (tertiary alicyclic amines) is 1. The molecular formula is C16H21N3O2. The van der Waals surface area contributed by atoms with E-state index in [2.05, 4.69) is 24.3 Å². The lowest BCUT2D eigenvalue weighted by molar-refractivity contribution is 0.145. The molecule has 0 bridgehead atoms. The highest BCUT2D eigenvalue weighted by molar-refractivity contribution is 5.80. The van der Waals surface area contributed by atoms with Crippen molar-refractivity contribution in [1.82, 2.24) is 15.4 Å². The Bertz CT molecular complexity index is 627. The van der Waals surface area contributed by atoms with Crippen LogP contribution >= 0.6 is 0 Å². The minimum absolute atomic E-state index is 0.0134. The summed E-state index contributed by atoms with van der Waals surface area (Å²) < 4.78 is 5.25. The van der Waals surface area contributed by atoms with Crippen molar-refractivity contribution >= 4 is 17.0 Å². The highest BCUT2D eigenvalue weighted by atomic mass is 16.5. The van der Waals surface area contributed by atoms with Gasteiger partial charge in [0.1, 0.15) is 5.69 Å². The minimum Gasteiger partial charge on any atom is -0.356 e. The van der Waals surface area contributed by atoms with Gasteiger partial charge in [-0.25, -0.2) is 4.79 Å². The van der Waals surface area contributed by atoms with Gasteiger partial charge in [0.05, 0.1) is 6.54 Å². The maximum Gasteiger partial charge on any atom is 0.317 e. The van der Waals surface area contributed by atoms with Crippen LogP contribution in [0.4, 0.5) is 4.79 Å². The van der Waals surface area contributed by atoms with E-state index < -0.39 is 0 Å². The van der Waals surface area contributed by atoms with E-state index in [-0.39, 0.29) is 6.03 Å². The number of hydrogen-bond acceptors (Lipinski definition) is 3. The third kappa shape index (κ3) is 3.01. The van der Waals surface area contributed by atoms with Crippen molar-refractivity contribution in [2.45, 2.75) is 26.8 Å². The van der Waals surface area contributed by atoms with E-state index >= 15 is 0 Å². The number of hydrogen-bond donors (Lipinski definition) is 1. The van der Waals surface area contributed by atoms with Crippen molar-refractivity contribution in [2.24, 2.45) is 11.8 Å². The van der Waals surface area contributed by atoms with Crippen molar-refractivity contribution in [3.05, 3.63) is 30.0 Å². The molecule has 0 radical (unpaired) electrons. The number of piperidine rings is 1. The first-order valence-corrected chi connectivity index (χ1v) is 7.49. The second-order valence-electron chi connectivity index (χ2n) is 6.14. The number of nitrogens with one attached hydrogen (secondary N) is 1. The molecule has 2 atom stereocenters. The number of amides is 2. The summed E-state index contributed by atoms with van der Waals surface area (Å²) in [6.07, 6.45) is 1.19. The molecule has 1 N–H and O–H groups in total. The average Bonchev–Trinajstić information content (AvgIpc) is 2.87. The van der Waals surface area contributed by atoms with E-state index in [0.29, 0.717) is 18.4 Å². The molecular weight excluding hydrogens is 266 g/mol. The Hall–Kier alpha value is -2.04. The van der Waals surface area contributed by atoms with E-state index in [4.69, 9.17) is 4.52 Å². The number of para-hydroxylation sites is 1. The van der Waals surface area contributed by atoms with Crippen molar-refractivity contribution in [3.8, 4) is 0 Å². The van der Waals surface area contributed by atoms with Crippen LogP contribution in [-0.4, -0.2) is 29.2 Å². The van der Waals surface area contributed by atoms with E-state index in [1.807, 2.05) is 29.2 Å².